The first-order valence-electron chi connectivity index (χ1n) is 7.78. The van der Waals surface area contributed by atoms with Gasteiger partial charge in [0.25, 0.3) is 5.91 Å². The zero-order valence-corrected chi connectivity index (χ0v) is 13.2. The molecule has 0 spiro atoms. The third kappa shape index (κ3) is 4.81. The van der Waals surface area contributed by atoms with Crippen LogP contribution in [0.1, 0.15) is 30.1 Å². The van der Waals surface area contributed by atoms with Gasteiger partial charge in [-0.25, -0.2) is 4.79 Å². The largest absolute Gasteiger partial charge is 0.466 e. The van der Waals surface area contributed by atoms with E-state index in [0.29, 0.717) is 38.1 Å². The Morgan fingerprint density at radius 1 is 1.09 bits per heavy atom. The second-order valence-electron chi connectivity index (χ2n) is 5.35. The molecule has 6 heteroatoms. The smallest absolute Gasteiger partial charge is 0.338 e. The lowest BCUT2D eigenvalue weighted by Crippen LogP contribution is -2.42. The maximum atomic E-state index is 12.1. The molecular formula is C17H21NO5. The highest BCUT2D eigenvalue weighted by Crippen LogP contribution is 2.18. The number of ether oxygens (including phenoxy) is 2. The summed E-state index contributed by atoms with van der Waals surface area (Å²) in [7, 11) is 0. The summed E-state index contributed by atoms with van der Waals surface area (Å²) in [6.07, 6.45) is 1.16. The van der Waals surface area contributed by atoms with Gasteiger partial charge in [0.15, 0.2) is 6.61 Å². The van der Waals surface area contributed by atoms with Gasteiger partial charge in [-0.3, -0.25) is 9.59 Å². The van der Waals surface area contributed by atoms with Crippen molar-refractivity contribution in [1.82, 2.24) is 4.90 Å². The number of rotatable bonds is 5. The van der Waals surface area contributed by atoms with Gasteiger partial charge < -0.3 is 14.4 Å². The maximum Gasteiger partial charge on any atom is 0.338 e. The molecule has 6 nitrogen and oxygen atoms in total. The number of carbonyl (C=O) groups is 3. The predicted molar refractivity (Wildman–Crippen MR) is 82.7 cm³/mol. The Hall–Kier alpha value is -2.37. The van der Waals surface area contributed by atoms with Crippen LogP contribution in [0, 0.1) is 5.92 Å². The number of esters is 2. The average Bonchev–Trinajstić information content (AvgIpc) is 2.60. The molecule has 0 unspecified atom stereocenters. The lowest BCUT2D eigenvalue weighted by Gasteiger charge is -2.30. The summed E-state index contributed by atoms with van der Waals surface area (Å²) >= 11 is 0. The van der Waals surface area contributed by atoms with E-state index < -0.39 is 5.97 Å². The molecule has 124 valence electrons. The summed E-state index contributed by atoms with van der Waals surface area (Å²) in [6, 6.07) is 8.54. The zero-order valence-electron chi connectivity index (χ0n) is 13.2. The predicted octanol–water partition coefficient (Wildman–Crippen LogP) is 1.65. The minimum atomic E-state index is -0.514. The lowest BCUT2D eigenvalue weighted by molar-refractivity contribution is -0.151. The molecule has 1 heterocycles. The first-order valence-corrected chi connectivity index (χ1v) is 7.78. The molecule has 1 saturated heterocycles. The third-order valence-corrected chi connectivity index (χ3v) is 3.80. The summed E-state index contributed by atoms with van der Waals surface area (Å²) in [5.74, 6) is -1.10. The fraction of sp³-hybridized carbons (Fsp3) is 0.471. The van der Waals surface area contributed by atoms with Gasteiger partial charge >= 0.3 is 11.9 Å². The lowest BCUT2D eigenvalue weighted by atomic mass is 9.97. The highest BCUT2D eigenvalue weighted by atomic mass is 16.5. The number of nitrogens with zero attached hydrogens (tertiary/aromatic N) is 1. The molecule has 23 heavy (non-hydrogen) atoms. The first-order chi connectivity index (χ1) is 11.1. The van der Waals surface area contributed by atoms with E-state index >= 15 is 0 Å². The molecule has 0 aliphatic carbocycles. The SMILES string of the molecule is CCOC(=O)C1CCN(C(=O)COC(=O)c2ccccc2)CC1. The Balaban J connectivity index is 1.75. The van der Waals surface area contributed by atoms with Crippen molar-refractivity contribution in [1.29, 1.82) is 0 Å². The number of benzene rings is 1. The van der Waals surface area contributed by atoms with Crippen LogP contribution < -0.4 is 0 Å². The second kappa shape index (κ2) is 8.31. The number of hydrogen-bond donors (Lipinski definition) is 0. The molecule has 0 N–H and O–H groups in total. The molecule has 1 aliphatic heterocycles. The summed E-state index contributed by atoms with van der Waals surface area (Å²) in [4.78, 5) is 37.1. The standard InChI is InChI=1S/C17H21NO5/c1-2-22-16(20)14-8-10-18(11-9-14)15(19)12-23-17(21)13-6-4-3-5-7-13/h3-7,14H,2,8-12H2,1H3. The van der Waals surface area contributed by atoms with Gasteiger partial charge in [0, 0.05) is 13.1 Å². The average molecular weight is 319 g/mol. The topological polar surface area (TPSA) is 72.9 Å². The van der Waals surface area contributed by atoms with Gasteiger partial charge in [0.1, 0.15) is 0 Å². The Labute approximate surface area is 135 Å². The fourth-order valence-corrected chi connectivity index (χ4v) is 2.50. The van der Waals surface area contributed by atoms with Crippen LogP contribution in [-0.4, -0.2) is 49.0 Å². The molecule has 1 aliphatic rings. The van der Waals surface area contributed by atoms with Crippen LogP contribution in [0.2, 0.25) is 0 Å². The number of hydrogen-bond acceptors (Lipinski definition) is 5. The summed E-state index contributed by atoms with van der Waals surface area (Å²) in [5, 5.41) is 0. The number of likely N-dealkylation sites (tertiary alicyclic amines) is 1. The van der Waals surface area contributed by atoms with Crippen LogP contribution in [-0.2, 0) is 19.1 Å². The fourth-order valence-electron chi connectivity index (χ4n) is 2.50. The van der Waals surface area contributed by atoms with E-state index in [9.17, 15) is 14.4 Å². The Bertz CT molecular complexity index is 549. The summed E-state index contributed by atoms with van der Waals surface area (Å²) in [6.45, 7) is 2.82. The third-order valence-electron chi connectivity index (χ3n) is 3.80. The van der Waals surface area contributed by atoms with Crippen LogP contribution >= 0.6 is 0 Å². The molecule has 0 aromatic heterocycles. The van der Waals surface area contributed by atoms with Crippen molar-refractivity contribution in [2.45, 2.75) is 19.8 Å². The molecule has 0 saturated carbocycles. The van der Waals surface area contributed by atoms with E-state index in [0.717, 1.165) is 0 Å². The van der Waals surface area contributed by atoms with Gasteiger partial charge in [-0.2, -0.15) is 0 Å². The molecule has 0 radical (unpaired) electrons. The van der Waals surface area contributed by atoms with Crippen molar-refractivity contribution >= 4 is 17.8 Å². The van der Waals surface area contributed by atoms with E-state index in [-0.39, 0.29) is 24.4 Å². The highest BCUT2D eigenvalue weighted by molar-refractivity contribution is 5.91. The van der Waals surface area contributed by atoms with Crippen LogP contribution in [0.4, 0.5) is 0 Å². The summed E-state index contributed by atoms with van der Waals surface area (Å²) < 4.78 is 10.0. The normalized spacial score (nSPS) is 15.1. The Morgan fingerprint density at radius 2 is 1.74 bits per heavy atom. The number of carbonyl (C=O) groups excluding carboxylic acids is 3. The zero-order chi connectivity index (χ0) is 16.7. The van der Waals surface area contributed by atoms with Gasteiger partial charge in [-0.05, 0) is 31.9 Å². The number of piperidine rings is 1. The van der Waals surface area contributed by atoms with Crippen LogP contribution in [0.3, 0.4) is 0 Å². The number of amides is 1. The molecule has 1 aromatic rings. The maximum absolute atomic E-state index is 12.1. The quantitative estimate of drug-likeness (QED) is 0.772. The van der Waals surface area contributed by atoms with Crippen molar-refractivity contribution in [3.63, 3.8) is 0 Å². The molecule has 1 amide bonds. The van der Waals surface area contributed by atoms with Crippen molar-refractivity contribution in [3.05, 3.63) is 35.9 Å². The molecular weight excluding hydrogens is 298 g/mol. The summed E-state index contributed by atoms with van der Waals surface area (Å²) in [5.41, 5.74) is 0.418. The van der Waals surface area contributed by atoms with Gasteiger partial charge in [0.2, 0.25) is 0 Å². The first kappa shape index (κ1) is 17.0. The molecule has 0 atom stereocenters. The monoisotopic (exact) mass is 319 g/mol. The van der Waals surface area contributed by atoms with Crippen LogP contribution in [0.5, 0.6) is 0 Å². The molecule has 2 rings (SSSR count). The van der Waals surface area contributed by atoms with E-state index in [1.807, 2.05) is 0 Å². The molecule has 1 aromatic carbocycles. The van der Waals surface area contributed by atoms with E-state index in [1.54, 1.807) is 42.2 Å². The van der Waals surface area contributed by atoms with Crippen LogP contribution in [0.15, 0.2) is 30.3 Å². The van der Waals surface area contributed by atoms with Crippen molar-refractivity contribution < 1.29 is 23.9 Å². The van der Waals surface area contributed by atoms with Crippen molar-refractivity contribution in [3.8, 4) is 0 Å². The molecule has 0 bridgehead atoms. The van der Waals surface area contributed by atoms with Crippen molar-refractivity contribution in [2.75, 3.05) is 26.3 Å². The van der Waals surface area contributed by atoms with Crippen molar-refractivity contribution in [2.24, 2.45) is 5.92 Å². The van der Waals surface area contributed by atoms with E-state index in [1.165, 1.54) is 0 Å². The van der Waals surface area contributed by atoms with Gasteiger partial charge in [-0.1, -0.05) is 18.2 Å². The second-order valence-corrected chi connectivity index (χ2v) is 5.35. The van der Waals surface area contributed by atoms with Gasteiger partial charge in [0.05, 0.1) is 18.1 Å². The van der Waals surface area contributed by atoms with E-state index in [2.05, 4.69) is 0 Å². The highest BCUT2D eigenvalue weighted by Gasteiger charge is 2.28. The van der Waals surface area contributed by atoms with E-state index in [4.69, 9.17) is 9.47 Å². The Morgan fingerprint density at radius 3 is 2.35 bits per heavy atom. The van der Waals surface area contributed by atoms with Gasteiger partial charge in [-0.15, -0.1) is 0 Å². The minimum absolute atomic E-state index is 0.147. The van der Waals surface area contributed by atoms with Crippen LogP contribution in [0.25, 0.3) is 0 Å². The molecule has 1 fully saturated rings. The minimum Gasteiger partial charge on any atom is -0.466 e. The Kier molecular flexibility index (Phi) is 6.14.